The van der Waals surface area contributed by atoms with Crippen molar-refractivity contribution in [2.45, 2.75) is 139 Å². The Morgan fingerprint density at radius 1 is 0.812 bits per heavy atom. The zero-order chi connectivity index (χ0) is 35.9. The Labute approximate surface area is 276 Å². The SMILES string of the molecule is CN(CCCCCCC(F)(F)C(F)(F)C(F)(F)C(F)(F)F)CCCCC[C@@H]1Cc2cc(O)cc(F)c2[C@H]2CC[C@@]3(C)[C@@H](CC[C@]3(C)O)[C@H]12. The average molecular weight is 706 g/mol. The lowest BCUT2D eigenvalue weighted by Crippen LogP contribution is -2.60. The number of benzene rings is 1. The molecule has 0 unspecified atom stereocenters. The number of phenols is 1. The van der Waals surface area contributed by atoms with Gasteiger partial charge in [-0.2, -0.15) is 39.5 Å². The lowest BCUT2D eigenvalue weighted by molar-refractivity contribution is -0.396. The van der Waals surface area contributed by atoms with Crippen molar-refractivity contribution in [2.75, 3.05) is 20.1 Å². The summed E-state index contributed by atoms with van der Waals surface area (Å²) >= 11 is 0. The van der Waals surface area contributed by atoms with E-state index in [9.17, 15) is 49.7 Å². The van der Waals surface area contributed by atoms with Gasteiger partial charge in [0, 0.05) is 12.5 Å². The second-order valence-corrected chi connectivity index (χ2v) is 15.2. The largest absolute Gasteiger partial charge is 0.508 e. The standard InChI is InChI=1S/C35H49F10NO2/c1-30-15-12-25-28(26(30)13-16-31(30,2)48)22(19-23-20-24(47)21-27(36)29(23)25)11-7-6-10-18-46(3)17-9-5-4-8-14-32(37,38)33(39,40)34(41,42)35(43,44)45/h20-22,25-26,28,47-48H,4-19H2,1-3H3/t22-,25+,26+,28-,30+,31+/m1/s1. The van der Waals surface area contributed by atoms with Crippen LogP contribution in [0.1, 0.15) is 114 Å². The molecule has 4 rings (SSSR count). The second-order valence-electron chi connectivity index (χ2n) is 15.2. The zero-order valence-electron chi connectivity index (χ0n) is 27.9. The minimum atomic E-state index is -6.84. The molecule has 0 radical (unpaired) electrons. The molecule has 0 aromatic heterocycles. The fourth-order valence-electron chi connectivity index (χ4n) is 9.11. The molecule has 3 aliphatic rings. The van der Waals surface area contributed by atoms with Gasteiger partial charge in [0.2, 0.25) is 0 Å². The first kappa shape index (κ1) is 39.0. The Balaban J connectivity index is 1.20. The second kappa shape index (κ2) is 14.1. The van der Waals surface area contributed by atoms with E-state index in [0.717, 1.165) is 69.0 Å². The molecule has 2 fully saturated rings. The molecule has 0 aliphatic heterocycles. The molecule has 1 aromatic carbocycles. The normalized spacial score (nSPS) is 29.6. The van der Waals surface area contributed by atoms with Crippen LogP contribution < -0.4 is 0 Å². The fourth-order valence-corrected chi connectivity index (χ4v) is 9.11. The molecule has 2 N–H and O–H groups in total. The molecule has 6 atom stereocenters. The third kappa shape index (κ3) is 7.33. The molecule has 0 amide bonds. The van der Waals surface area contributed by atoms with Crippen LogP contribution in [0.3, 0.4) is 0 Å². The van der Waals surface area contributed by atoms with Crippen molar-refractivity contribution in [2.24, 2.45) is 23.2 Å². The number of aromatic hydroxyl groups is 1. The molecule has 48 heavy (non-hydrogen) atoms. The predicted molar refractivity (Wildman–Crippen MR) is 162 cm³/mol. The smallest absolute Gasteiger partial charge is 0.460 e. The van der Waals surface area contributed by atoms with Crippen LogP contribution in [0.4, 0.5) is 43.9 Å². The van der Waals surface area contributed by atoms with Crippen LogP contribution in [0.5, 0.6) is 5.75 Å². The molecule has 0 bridgehead atoms. The van der Waals surface area contributed by atoms with Crippen LogP contribution >= 0.6 is 0 Å². The summed E-state index contributed by atoms with van der Waals surface area (Å²) in [5.41, 5.74) is 0.621. The summed E-state index contributed by atoms with van der Waals surface area (Å²) in [7, 11) is 1.88. The molecule has 3 nitrogen and oxygen atoms in total. The van der Waals surface area contributed by atoms with E-state index in [1.807, 2.05) is 18.9 Å². The van der Waals surface area contributed by atoms with Crippen molar-refractivity contribution in [1.82, 2.24) is 4.90 Å². The monoisotopic (exact) mass is 705 g/mol. The van der Waals surface area contributed by atoms with Gasteiger partial charge in [-0.3, -0.25) is 0 Å². The lowest BCUT2D eigenvalue weighted by atomic mass is 9.50. The van der Waals surface area contributed by atoms with Crippen molar-refractivity contribution >= 4 is 0 Å². The average Bonchev–Trinajstić information content (AvgIpc) is 3.21. The third-order valence-electron chi connectivity index (χ3n) is 12.1. The number of phenolic OH excluding ortho intramolecular Hbond substituents is 1. The van der Waals surface area contributed by atoms with Gasteiger partial charge in [-0.25, -0.2) is 4.39 Å². The maximum Gasteiger partial charge on any atom is 0.460 e. The first-order chi connectivity index (χ1) is 22.1. The Hall–Kier alpha value is -1.76. The number of hydrogen-bond donors (Lipinski definition) is 2. The number of halogens is 10. The first-order valence-electron chi connectivity index (χ1n) is 17.2. The molecule has 1 aromatic rings. The molecule has 0 heterocycles. The van der Waals surface area contributed by atoms with Crippen LogP contribution in [-0.4, -0.2) is 64.8 Å². The van der Waals surface area contributed by atoms with Crippen LogP contribution in [-0.2, 0) is 6.42 Å². The summed E-state index contributed by atoms with van der Waals surface area (Å²) in [6, 6.07) is 2.90. The first-order valence-corrected chi connectivity index (χ1v) is 17.2. The van der Waals surface area contributed by atoms with Gasteiger partial charge in [0.05, 0.1) is 5.60 Å². The molecular formula is C35H49F10NO2. The van der Waals surface area contributed by atoms with E-state index >= 15 is 4.39 Å². The van der Waals surface area contributed by atoms with E-state index in [-0.39, 0.29) is 41.2 Å². The van der Waals surface area contributed by atoms with Crippen LogP contribution in [0.25, 0.3) is 0 Å². The van der Waals surface area contributed by atoms with E-state index in [1.165, 1.54) is 6.07 Å². The van der Waals surface area contributed by atoms with Gasteiger partial charge in [0.25, 0.3) is 0 Å². The summed E-state index contributed by atoms with van der Waals surface area (Å²) in [6.07, 6.45) is -0.690. The van der Waals surface area contributed by atoms with Crippen molar-refractivity contribution in [3.05, 3.63) is 29.1 Å². The molecule has 0 spiro atoms. The third-order valence-corrected chi connectivity index (χ3v) is 12.1. The summed E-state index contributed by atoms with van der Waals surface area (Å²) in [5, 5.41) is 21.4. The minimum Gasteiger partial charge on any atom is -0.508 e. The number of hydrogen-bond acceptors (Lipinski definition) is 3. The Kier molecular flexibility index (Phi) is 11.5. The summed E-state index contributed by atoms with van der Waals surface area (Å²) in [5.74, 6) is -18.4. The highest BCUT2D eigenvalue weighted by molar-refractivity contribution is 5.42. The molecule has 13 heteroatoms. The van der Waals surface area contributed by atoms with Crippen molar-refractivity contribution in [3.8, 4) is 5.75 Å². The van der Waals surface area contributed by atoms with Crippen molar-refractivity contribution in [1.29, 1.82) is 0 Å². The van der Waals surface area contributed by atoms with Crippen LogP contribution in [0, 0.1) is 29.0 Å². The van der Waals surface area contributed by atoms with Gasteiger partial charge in [0.1, 0.15) is 11.6 Å². The van der Waals surface area contributed by atoms with Crippen molar-refractivity contribution < 1.29 is 54.1 Å². The number of alkyl halides is 9. The van der Waals surface area contributed by atoms with Crippen LogP contribution in [0.15, 0.2) is 12.1 Å². The van der Waals surface area contributed by atoms with Gasteiger partial charge >= 0.3 is 23.9 Å². The Morgan fingerprint density at radius 3 is 2.04 bits per heavy atom. The highest BCUT2D eigenvalue weighted by Gasteiger charge is 2.81. The highest BCUT2D eigenvalue weighted by Crippen LogP contribution is 2.66. The molecule has 2 saturated carbocycles. The Bertz CT molecular complexity index is 1250. The van der Waals surface area contributed by atoms with Crippen LogP contribution in [0.2, 0.25) is 0 Å². The fraction of sp³-hybridized carbons (Fsp3) is 0.829. The predicted octanol–water partition coefficient (Wildman–Crippen LogP) is 10.3. The molecule has 276 valence electrons. The van der Waals surface area contributed by atoms with E-state index in [0.29, 0.717) is 31.7 Å². The summed E-state index contributed by atoms with van der Waals surface area (Å²) in [6.45, 7) is 5.45. The number of aliphatic hydroxyl groups is 1. The van der Waals surface area contributed by atoms with Gasteiger partial charge in [0.15, 0.2) is 0 Å². The summed E-state index contributed by atoms with van der Waals surface area (Å²) in [4.78, 5) is 2.04. The number of nitrogens with zero attached hydrogens (tertiary/aromatic N) is 1. The highest BCUT2D eigenvalue weighted by atomic mass is 19.4. The van der Waals surface area contributed by atoms with Gasteiger partial charge in [-0.1, -0.05) is 32.6 Å². The summed E-state index contributed by atoms with van der Waals surface area (Å²) < 4.78 is 132. The number of unbranched alkanes of at least 4 members (excludes halogenated alkanes) is 5. The number of rotatable bonds is 15. The van der Waals surface area contributed by atoms with Crippen molar-refractivity contribution in [3.63, 3.8) is 0 Å². The van der Waals surface area contributed by atoms with E-state index < -0.39 is 42.4 Å². The van der Waals surface area contributed by atoms with Gasteiger partial charge < -0.3 is 15.1 Å². The van der Waals surface area contributed by atoms with E-state index in [1.54, 1.807) is 6.07 Å². The molecular weight excluding hydrogens is 656 g/mol. The maximum absolute atomic E-state index is 15.2. The van der Waals surface area contributed by atoms with E-state index in [2.05, 4.69) is 6.92 Å². The topological polar surface area (TPSA) is 43.7 Å². The minimum absolute atomic E-state index is 0.0130. The molecule has 3 aliphatic carbocycles. The quantitative estimate of drug-likeness (QED) is 0.141. The van der Waals surface area contributed by atoms with Gasteiger partial charge in [-0.15, -0.1) is 0 Å². The number of fused-ring (bicyclic) bond motifs is 5. The molecule has 0 saturated heterocycles. The van der Waals surface area contributed by atoms with Gasteiger partial charge in [-0.05, 0) is 131 Å². The van der Waals surface area contributed by atoms with E-state index in [4.69, 9.17) is 0 Å². The lowest BCUT2D eigenvalue weighted by Gasteiger charge is -2.55. The Morgan fingerprint density at radius 2 is 1.42 bits per heavy atom. The maximum atomic E-state index is 15.2. The zero-order valence-corrected chi connectivity index (χ0v) is 27.9.